The van der Waals surface area contributed by atoms with Crippen LogP contribution in [0, 0.1) is 0 Å². The van der Waals surface area contributed by atoms with Crippen molar-refractivity contribution < 1.29 is 29.1 Å². The molecular formula is C18H24N4O6. The van der Waals surface area contributed by atoms with Crippen molar-refractivity contribution in [3.63, 3.8) is 0 Å². The van der Waals surface area contributed by atoms with E-state index in [-0.39, 0.29) is 42.7 Å². The molecule has 1 aromatic carbocycles. The van der Waals surface area contributed by atoms with E-state index in [0.29, 0.717) is 0 Å². The van der Waals surface area contributed by atoms with Crippen molar-refractivity contribution in [2.24, 2.45) is 11.5 Å². The van der Waals surface area contributed by atoms with Crippen molar-refractivity contribution >= 4 is 35.2 Å². The number of nitrogens with two attached hydrogens (primary N) is 2. The van der Waals surface area contributed by atoms with Crippen molar-refractivity contribution in [1.29, 1.82) is 0 Å². The summed E-state index contributed by atoms with van der Waals surface area (Å²) in [5, 5.41) is 14.1. The lowest BCUT2D eigenvalue weighted by Crippen LogP contribution is -2.50. The number of benzene rings is 1. The van der Waals surface area contributed by atoms with Crippen LogP contribution in [-0.4, -0.2) is 46.7 Å². The summed E-state index contributed by atoms with van der Waals surface area (Å²) in [4.78, 5) is 58.1. The summed E-state index contributed by atoms with van der Waals surface area (Å²) < 4.78 is 0. The Labute approximate surface area is 161 Å². The van der Waals surface area contributed by atoms with Crippen LogP contribution in [-0.2, 0) is 19.2 Å². The van der Waals surface area contributed by atoms with Crippen molar-refractivity contribution in [3.05, 3.63) is 29.8 Å². The molecule has 7 N–H and O–H groups in total. The molecule has 0 aliphatic carbocycles. The van der Waals surface area contributed by atoms with Crippen LogP contribution in [0.15, 0.2) is 24.3 Å². The molecule has 1 aromatic rings. The second-order valence-corrected chi connectivity index (χ2v) is 6.25. The Morgan fingerprint density at radius 2 is 1.68 bits per heavy atom. The summed E-state index contributed by atoms with van der Waals surface area (Å²) >= 11 is 0. The van der Waals surface area contributed by atoms with E-state index < -0.39 is 35.8 Å². The Hall–Kier alpha value is -3.27. The monoisotopic (exact) mass is 392 g/mol. The van der Waals surface area contributed by atoms with E-state index >= 15 is 0 Å². The van der Waals surface area contributed by atoms with Gasteiger partial charge < -0.3 is 32.0 Å². The minimum absolute atomic E-state index is 0.00403. The maximum atomic E-state index is 12.6. The molecule has 0 spiro atoms. The van der Waals surface area contributed by atoms with Crippen molar-refractivity contribution in [1.82, 2.24) is 5.32 Å². The molecule has 0 fully saturated rings. The maximum absolute atomic E-state index is 12.6. The van der Waals surface area contributed by atoms with Crippen LogP contribution in [0.5, 0.6) is 0 Å². The van der Waals surface area contributed by atoms with Gasteiger partial charge >= 0.3 is 5.97 Å². The van der Waals surface area contributed by atoms with Gasteiger partial charge in [-0.3, -0.25) is 14.4 Å². The lowest BCUT2D eigenvalue weighted by molar-refractivity contribution is -0.128. The topological polar surface area (TPSA) is 182 Å². The molecular weight excluding hydrogens is 368 g/mol. The number of ketones is 1. The number of nitrogens with one attached hydrogen (secondary N) is 2. The molecule has 3 amide bonds. The minimum Gasteiger partial charge on any atom is -0.478 e. The third kappa shape index (κ3) is 7.54. The van der Waals surface area contributed by atoms with Gasteiger partial charge in [0.15, 0.2) is 0 Å². The van der Waals surface area contributed by atoms with Crippen LogP contribution in [0.3, 0.4) is 0 Å². The first kappa shape index (κ1) is 22.8. The molecule has 0 saturated carbocycles. The first-order valence-corrected chi connectivity index (χ1v) is 8.58. The lowest BCUT2D eigenvalue weighted by atomic mass is 10.1. The van der Waals surface area contributed by atoms with Crippen molar-refractivity contribution in [2.75, 3.05) is 5.32 Å². The van der Waals surface area contributed by atoms with E-state index in [1.807, 2.05) is 0 Å². The first-order valence-electron chi connectivity index (χ1n) is 8.58. The zero-order valence-corrected chi connectivity index (χ0v) is 15.4. The second-order valence-electron chi connectivity index (χ2n) is 6.25. The highest BCUT2D eigenvalue weighted by molar-refractivity contribution is 6.03. The molecule has 152 valence electrons. The quantitative estimate of drug-likeness (QED) is 0.344. The molecule has 0 bridgehead atoms. The van der Waals surface area contributed by atoms with E-state index in [0.717, 1.165) is 0 Å². The molecule has 0 aromatic heterocycles. The van der Waals surface area contributed by atoms with Crippen LogP contribution in [0.4, 0.5) is 5.69 Å². The summed E-state index contributed by atoms with van der Waals surface area (Å²) in [6.45, 7) is 1.34. The smallest absolute Gasteiger partial charge is 0.337 e. The Morgan fingerprint density at radius 3 is 2.25 bits per heavy atom. The fraction of sp³-hybridized carbons (Fsp3) is 0.389. The number of carboxylic acids is 1. The van der Waals surface area contributed by atoms with Gasteiger partial charge in [-0.05, 0) is 31.9 Å². The molecule has 10 heteroatoms. The van der Waals surface area contributed by atoms with E-state index in [9.17, 15) is 29.1 Å². The van der Waals surface area contributed by atoms with Gasteiger partial charge in [0.2, 0.25) is 17.7 Å². The lowest BCUT2D eigenvalue weighted by Gasteiger charge is -2.20. The largest absolute Gasteiger partial charge is 0.478 e. The number of amides is 3. The molecule has 0 heterocycles. The van der Waals surface area contributed by atoms with Crippen molar-refractivity contribution in [2.45, 2.75) is 44.7 Å². The zero-order valence-electron chi connectivity index (χ0n) is 15.4. The Morgan fingerprint density at radius 1 is 1.04 bits per heavy atom. The number of carbonyl (C=O) groups excluding carboxylic acids is 4. The minimum atomic E-state index is -1.23. The number of anilines is 1. The predicted octanol–water partition coefficient (Wildman–Crippen LogP) is -0.230. The third-order valence-electron chi connectivity index (χ3n) is 3.87. The van der Waals surface area contributed by atoms with Gasteiger partial charge in [-0.15, -0.1) is 0 Å². The predicted molar refractivity (Wildman–Crippen MR) is 100 cm³/mol. The second kappa shape index (κ2) is 10.8. The standard InChI is InChI=1S/C18H24N4O6/c1-10(23)6-8-14(22-16(25)12(19)7-9-15(20)24)17(26)21-13-5-3-2-4-11(13)18(27)28/h2-5,12,14H,6-9,19H2,1H3,(H2,20,24)(H,21,26)(H,22,25)(H,27,28). The number of hydrogen-bond acceptors (Lipinski definition) is 6. The molecule has 10 nitrogen and oxygen atoms in total. The SMILES string of the molecule is CC(=O)CCC(NC(=O)C(N)CCC(N)=O)C(=O)Nc1ccccc1C(=O)O. The molecule has 2 atom stereocenters. The van der Waals surface area contributed by atoms with E-state index in [1.54, 1.807) is 6.07 Å². The average molecular weight is 392 g/mol. The number of Topliss-reactive ketones (excluding diaryl/α,β-unsaturated/α-hetero) is 1. The summed E-state index contributed by atoms with van der Waals surface area (Å²) in [6.07, 6.45) is -0.0604. The van der Waals surface area contributed by atoms with Crippen LogP contribution in [0.25, 0.3) is 0 Å². The van der Waals surface area contributed by atoms with Crippen molar-refractivity contribution in [3.8, 4) is 0 Å². The number of para-hydroxylation sites is 1. The Balaban J connectivity index is 2.89. The Bertz CT molecular complexity index is 764. The van der Waals surface area contributed by atoms with E-state index in [2.05, 4.69) is 10.6 Å². The average Bonchev–Trinajstić information content (AvgIpc) is 2.62. The third-order valence-corrected chi connectivity index (χ3v) is 3.87. The highest BCUT2D eigenvalue weighted by Crippen LogP contribution is 2.16. The van der Waals surface area contributed by atoms with Crippen LogP contribution < -0.4 is 22.1 Å². The van der Waals surface area contributed by atoms with Gasteiger partial charge in [-0.2, -0.15) is 0 Å². The maximum Gasteiger partial charge on any atom is 0.337 e. The number of primary amides is 1. The van der Waals surface area contributed by atoms with Gasteiger partial charge in [0.05, 0.1) is 17.3 Å². The summed E-state index contributed by atoms with van der Waals surface area (Å²) in [6, 6.07) is 3.60. The van der Waals surface area contributed by atoms with E-state index in [1.165, 1.54) is 25.1 Å². The molecule has 2 unspecified atom stereocenters. The number of hydrogen-bond donors (Lipinski definition) is 5. The highest BCUT2D eigenvalue weighted by atomic mass is 16.4. The van der Waals surface area contributed by atoms with Gasteiger partial charge in [-0.25, -0.2) is 4.79 Å². The van der Waals surface area contributed by atoms with Gasteiger partial charge in [0.25, 0.3) is 0 Å². The van der Waals surface area contributed by atoms with Gasteiger partial charge in [-0.1, -0.05) is 12.1 Å². The summed E-state index contributed by atoms with van der Waals surface area (Å²) in [5.41, 5.74) is 10.6. The molecule has 0 saturated heterocycles. The first-order chi connectivity index (χ1) is 13.1. The molecule has 1 rings (SSSR count). The summed E-state index contributed by atoms with van der Waals surface area (Å²) in [7, 11) is 0. The molecule has 0 aliphatic heterocycles. The molecule has 0 aliphatic rings. The number of carbonyl (C=O) groups is 5. The van der Waals surface area contributed by atoms with Crippen LogP contribution in [0.1, 0.15) is 43.0 Å². The van der Waals surface area contributed by atoms with Crippen LogP contribution in [0.2, 0.25) is 0 Å². The van der Waals surface area contributed by atoms with E-state index in [4.69, 9.17) is 11.5 Å². The molecule has 0 radical (unpaired) electrons. The highest BCUT2D eigenvalue weighted by Gasteiger charge is 2.25. The van der Waals surface area contributed by atoms with Crippen LogP contribution >= 0.6 is 0 Å². The van der Waals surface area contributed by atoms with Gasteiger partial charge in [0, 0.05) is 12.8 Å². The Kier molecular flexibility index (Phi) is 8.76. The molecule has 28 heavy (non-hydrogen) atoms. The fourth-order valence-corrected chi connectivity index (χ4v) is 2.32. The number of aromatic carboxylic acids is 1. The summed E-state index contributed by atoms with van der Waals surface area (Å²) in [5.74, 6) is -3.40. The fourth-order valence-electron chi connectivity index (χ4n) is 2.32. The zero-order chi connectivity index (χ0) is 21.3. The van der Waals surface area contributed by atoms with Gasteiger partial charge in [0.1, 0.15) is 11.8 Å². The normalized spacial score (nSPS) is 12.5. The number of carboxylic acid groups (broad SMARTS) is 1. The number of rotatable bonds is 11.